The van der Waals surface area contributed by atoms with Crippen LogP contribution in [0.15, 0.2) is 35.3 Å². The summed E-state index contributed by atoms with van der Waals surface area (Å²) in [6.07, 6.45) is 0. The molecule has 0 aliphatic carbocycles. The van der Waals surface area contributed by atoms with E-state index in [-0.39, 0.29) is 11.9 Å². The molecule has 0 aliphatic heterocycles. The molecule has 0 unspecified atom stereocenters. The van der Waals surface area contributed by atoms with Crippen LogP contribution >= 0.6 is 15.9 Å². The van der Waals surface area contributed by atoms with E-state index in [1.54, 1.807) is 18.0 Å². The Morgan fingerprint density at radius 2 is 2.10 bits per heavy atom. The molecule has 1 rings (SSSR count). The van der Waals surface area contributed by atoms with Gasteiger partial charge >= 0.3 is 6.03 Å². The van der Waals surface area contributed by atoms with Crippen molar-refractivity contribution in [3.63, 3.8) is 0 Å². The number of halogens is 1. The van der Waals surface area contributed by atoms with E-state index < -0.39 is 0 Å². The molecule has 20 heavy (non-hydrogen) atoms. The van der Waals surface area contributed by atoms with Crippen LogP contribution in [-0.4, -0.2) is 30.4 Å². The van der Waals surface area contributed by atoms with Crippen molar-refractivity contribution in [1.29, 1.82) is 0 Å². The fourth-order valence-corrected chi connectivity index (χ4v) is 1.62. The zero-order valence-electron chi connectivity index (χ0n) is 11.6. The summed E-state index contributed by atoms with van der Waals surface area (Å²) in [6, 6.07) is 7.06. The average molecular weight is 340 g/mol. The maximum absolute atomic E-state index is 11.6. The Morgan fingerprint density at radius 1 is 1.40 bits per heavy atom. The van der Waals surface area contributed by atoms with Gasteiger partial charge in [-0.1, -0.05) is 34.6 Å². The minimum absolute atomic E-state index is 0.00283. The molecule has 108 valence electrons. The highest BCUT2D eigenvalue weighted by Crippen LogP contribution is 2.12. The molecule has 0 bridgehead atoms. The van der Waals surface area contributed by atoms with E-state index in [1.807, 2.05) is 18.2 Å². The summed E-state index contributed by atoms with van der Waals surface area (Å²) < 4.78 is 0.699. The highest BCUT2D eigenvalue weighted by molar-refractivity contribution is 9.11. The van der Waals surface area contributed by atoms with E-state index in [1.165, 1.54) is 6.92 Å². The van der Waals surface area contributed by atoms with Gasteiger partial charge < -0.3 is 15.5 Å². The number of hydrogen-bond acceptors (Lipinski definition) is 2. The molecule has 3 amide bonds. The van der Waals surface area contributed by atoms with Gasteiger partial charge in [-0.25, -0.2) is 4.79 Å². The van der Waals surface area contributed by atoms with Gasteiger partial charge in [0.15, 0.2) is 0 Å². The molecular formula is C14H18BrN3O2. The van der Waals surface area contributed by atoms with Crippen molar-refractivity contribution in [3.05, 3.63) is 40.9 Å². The summed E-state index contributed by atoms with van der Waals surface area (Å²) in [5.41, 5.74) is 1.63. The van der Waals surface area contributed by atoms with E-state index in [9.17, 15) is 9.59 Å². The highest BCUT2D eigenvalue weighted by atomic mass is 79.9. The predicted octanol–water partition coefficient (Wildman–Crippen LogP) is 2.70. The smallest absolute Gasteiger partial charge is 0.319 e. The Morgan fingerprint density at radius 3 is 2.70 bits per heavy atom. The van der Waals surface area contributed by atoms with Crippen molar-refractivity contribution in [3.8, 4) is 0 Å². The third-order valence-electron chi connectivity index (χ3n) is 2.58. The maximum atomic E-state index is 11.6. The summed E-state index contributed by atoms with van der Waals surface area (Å²) in [7, 11) is 1.73. The van der Waals surface area contributed by atoms with Gasteiger partial charge in [0.1, 0.15) is 0 Å². The van der Waals surface area contributed by atoms with Crippen molar-refractivity contribution >= 4 is 33.6 Å². The second kappa shape index (κ2) is 7.69. The number of amides is 3. The monoisotopic (exact) mass is 339 g/mol. The van der Waals surface area contributed by atoms with Gasteiger partial charge in [0.2, 0.25) is 5.91 Å². The lowest BCUT2D eigenvalue weighted by molar-refractivity contribution is -0.128. The number of nitrogens with one attached hydrogen (secondary N) is 2. The molecular weight excluding hydrogens is 322 g/mol. The normalized spacial score (nSPS) is 9.75. The van der Waals surface area contributed by atoms with Crippen LogP contribution in [0.4, 0.5) is 10.5 Å². The molecule has 0 radical (unpaired) electrons. The number of anilines is 1. The lowest BCUT2D eigenvalue weighted by Crippen LogP contribution is -2.29. The molecule has 0 aromatic heterocycles. The van der Waals surface area contributed by atoms with Crippen molar-refractivity contribution in [2.75, 3.05) is 18.9 Å². The molecule has 6 heteroatoms. The Hall–Kier alpha value is -1.82. The minimum Gasteiger partial charge on any atom is -0.342 e. The van der Waals surface area contributed by atoms with E-state index in [2.05, 4.69) is 33.1 Å². The number of urea groups is 1. The number of carbonyl (C=O) groups excluding carboxylic acids is 2. The minimum atomic E-state index is -0.303. The standard InChI is InChI=1S/C14H18BrN3O2/c1-10(15)8-16-14(20)17-13-6-4-5-12(7-13)9-18(3)11(2)19/h4-7H,1,8-9H2,2-3H3,(H2,16,17,20). The van der Waals surface area contributed by atoms with Crippen molar-refractivity contribution in [2.24, 2.45) is 0 Å². The van der Waals surface area contributed by atoms with E-state index in [0.29, 0.717) is 23.3 Å². The van der Waals surface area contributed by atoms with Crippen LogP contribution in [0.2, 0.25) is 0 Å². The molecule has 1 aromatic rings. The van der Waals surface area contributed by atoms with Gasteiger partial charge in [-0.2, -0.15) is 0 Å². The van der Waals surface area contributed by atoms with Crippen LogP contribution < -0.4 is 10.6 Å². The van der Waals surface area contributed by atoms with Crippen LogP contribution in [-0.2, 0) is 11.3 Å². The first-order chi connectivity index (χ1) is 9.38. The van der Waals surface area contributed by atoms with Gasteiger partial charge in [-0.05, 0) is 17.7 Å². The molecule has 0 atom stereocenters. The third-order valence-corrected chi connectivity index (χ3v) is 2.86. The second-order valence-electron chi connectivity index (χ2n) is 4.40. The van der Waals surface area contributed by atoms with E-state index >= 15 is 0 Å². The van der Waals surface area contributed by atoms with E-state index in [4.69, 9.17) is 0 Å². The van der Waals surface area contributed by atoms with Crippen molar-refractivity contribution in [2.45, 2.75) is 13.5 Å². The van der Waals surface area contributed by atoms with Crippen LogP contribution in [0.5, 0.6) is 0 Å². The van der Waals surface area contributed by atoms with Crippen LogP contribution in [0.25, 0.3) is 0 Å². The Kier molecular flexibility index (Phi) is 6.24. The van der Waals surface area contributed by atoms with Crippen LogP contribution in [0, 0.1) is 0 Å². The number of nitrogens with zero attached hydrogens (tertiary/aromatic N) is 1. The molecule has 0 aliphatic rings. The molecule has 0 heterocycles. The summed E-state index contributed by atoms with van der Waals surface area (Å²) in [5.74, 6) is -0.00283. The van der Waals surface area contributed by atoms with Gasteiger partial charge in [0.25, 0.3) is 0 Å². The Bertz CT molecular complexity index is 517. The molecule has 0 fully saturated rings. The summed E-state index contributed by atoms with van der Waals surface area (Å²) >= 11 is 3.17. The fraction of sp³-hybridized carbons (Fsp3) is 0.286. The summed E-state index contributed by atoms with van der Waals surface area (Å²) in [6.45, 7) is 6.02. The zero-order valence-corrected chi connectivity index (χ0v) is 13.2. The average Bonchev–Trinajstić information content (AvgIpc) is 2.36. The summed E-state index contributed by atoms with van der Waals surface area (Å²) in [5, 5.41) is 5.37. The highest BCUT2D eigenvalue weighted by Gasteiger charge is 2.05. The van der Waals surface area contributed by atoms with Crippen molar-refractivity contribution < 1.29 is 9.59 Å². The topological polar surface area (TPSA) is 61.4 Å². The number of carbonyl (C=O) groups is 2. The van der Waals surface area contributed by atoms with Gasteiger partial charge in [0.05, 0.1) is 6.54 Å². The molecule has 1 aromatic carbocycles. The van der Waals surface area contributed by atoms with Crippen molar-refractivity contribution in [1.82, 2.24) is 10.2 Å². The third kappa shape index (κ3) is 5.88. The molecule has 5 nitrogen and oxygen atoms in total. The lowest BCUT2D eigenvalue weighted by Gasteiger charge is -2.15. The first kappa shape index (κ1) is 16.2. The predicted molar refractivity (Wildman–Crippen MR) is 83.7 cm³/mol. The number of benzene rings is 1. The fourth-order valence-electron chi connectivity index (χ4n) is 1.48. The van der Waals surface area contributed by atoms with E-state index in [0.717, 1.165) is 5.56 Å². The molecule has 0 saturated carbocycles. The molecule has 2 N–H and O–H groups in total. The number of rotatable bonds is 5. The van der Waals surface area contributed by atoms with Gasteiger partial charge in [0, 0.05) is 30.7 Å². The zero-order chi connectivity index (χ0) is 15.1. The first-order valence-electron chi connectivity index (χ1n) is 6.07. The maximum Gasteiger partial charge on any atom is 0.319 e. The molecule has 0 saturated heterocycles. The second-order valence-corrected chi connectivity index (χ2v) is 5.52. The number of hydrogen-bond donors (Lipinski definition) is 2. The largest absolute Gasteiger partial charge is 0.342 e. The van der Waals surface area contributed by atoms with Crippen LogP contribution in [0.1, 0.15) is 12.5 Å². The van der Waals surface area contributed by atoms with Gasteiger partial charge in [-0.15, -0.1) is 0 Å². The molecule has 0 spiro atoms. The Balaban J connectivity index is 2.61. The van der Waals surface area contributed by atoms with Crippen LogP contribution in [0.3, 0.4) is 0 Å². The Labute approximate surface area is 127 Å². The SMILES string of the molecule is C=C(Br)CNC(=O)Nc1cccc(CN(C)C(C)=O)c1. The van der Waals surface area contributed by atoms with Gasteiger partial charge in [-0.3, -0.25) is 4.79 Å². The lowest BCUT2D eigenvalue weighted by atomic mass is 10.2. The quantitative estimate of drug-likeness (QED) is 0.866. The summed E-state index contributed by atoms with van der Waals surface area (Å²) in [4.78, 5) is 24.4. The first-order valence-corrected chi connectivity index (χ1v) is 6.86.